The highest BCUT2D eigenvalue weighted by molar-refractivity contribution is 6.30. The first-order valence-corrected chi connectivity index (χ1v) is 7.43. The van der Waals surface area contributed by atoms with E-state index in [0.717, 1.165) is 5.56 Å². The number of nitrogens with zero attached hydrogens (tertiary/aromatic N) is 1. The summed E-state index contributed by atoms with van der Waals surface area (Å²) in [7, 11) is 3.12. The molecule has 0 aliphatic rings. The van der Waals surface area contributed by atoms with Gasteiger partial charge in [0.2, 0.25) is 0 Å². The molecular formula is C17H17ClN2O4. The molecule has 0 aromatic heterocycles. The molecule has 0 heterocycles. The van der Waals surface area contributed by atoms with Gasteiger partial charge in [-0.3, -0.25) is 4.79 Å². The Labute approximate surface area is 145 Å². The van der Waals surface area contributed by atoms with Crippen LogP contribution in [-0.2, 0) is 9.63 Å². The molecule has 1 N–H and O–H groups in total. The van der Waals surface area contributed by atoms with Crippen LogP contribution in [-0.4, -0.2) is 32.9 Å². The average Bonchev–Trinajstić information content (AvgIpc) is 2.60. The minimum absolute atomic E-state index is 0.202. The zero-order valence-corrected chi connectivity index (χ0v) is 14.0. The van der Waals surface area contributed by atoms with Crippen LogP contribution in [0.1, 0.15) is 5.56 Å². The van der Waals surface area contributed by atoms with Crippen LogP contribution in [0.3, 0.4) is 0 Å². The van der Waals surface area contributed by atoms with Crippen molar-refractivity contribution in [3.05, 3.63) is 53.1 Å². The second-order valence-corrected chi connectivity index (χ2v) is 5.11. The SMILES string of the molecule is COc1ccc(C=NOCC(=O)Nc2ccc(Cl)cc2)cc1OC. The highest BCUT2D eigenvalue weighted by Gasteiger charge is 2.04. The zero-order chi connectivity index (χ0) is 17.4. The summed E-state index contributed by atoms with van der Waals surface area (Å²) in [5.41, 5.74) is 1.39. The van der Waals surface area contributed by atoms with Gasteiger partial charge in [0.05, 0.1) is 20.4 Å². The van der Waals surface area contributed by atoms with Crippen molar-refractivity contribution < 1.29 is 19.1 Å². The number of methoxy groups -OCH3 is 2. The van der Waals surface area contributed by atoms with E-state index in [9.17, 15) is 4.79 Å². The van der Waals surface area contributed by atoms with E-state index >= 15 is 0 Å². The van der Waals surface area contributed by atoms with Crippen LogP contribution < -0.4 is 14.8 Å². The number of carbonyl (C=O) groups is 1. The van der Waals surface area contributed by atoms with Gasteiger partial charge in [0.15, 0.2) is 18.1 Å². The summed E-state index contributed by atoms with van der Waals surface area (Å²) in [4.78, 5) is 16.7. The standard InChI is InChI=1S/C17H17ClN2O4/c1-22-15-8-3-12(9-16(15)23-2)10-19-24-11-17(21)20-14-6-4-13(18)5-7-14/h3-10H,11H2,1-2H3,(H,20,21). The Morgan fingerprint density at radius 1 is 1.12 bits per heavy atom. The highest BCUT2D eigenvalue weighted by Crippen LogP contribution is 2.26. The number of carbonyl (C=O) groups excluding carboxylic acids is 1. The number of rotatable bonds is 7. The minimum atomic E-state index is -0.318. The van der Waals surface area contributed by atoms with E-state index < -0.39 is 0 Å². The van der Waals surface area contributed by atoms with Crippen LogP contribution >= 0.6 is 11.6 Å². The number of benzene rings is 2. The third-order valence-electron chi connectivity index (χ3n) is 3.01. The summed E-state index contributed by atoms with van der Waals surface area (Å²) in [6.07, 6.45) is 1.48. The molecule has 24 heavy (non-hydrogen) atoms. The van der Waals surface area contributed by atoms with Crippen LogP contribution in [0.4, 0.5) is 5.69 Å². The maximum atomic E-state index is 11.7. The first-order valence-electron chi connectivity index (χ1n) is 7.05. The fraction of sp³-hybridized carbons (Fsp3) is 0.176. The molecule has 0 unspecified atom stereocenters. The molecule has 1 amide bonds. The van der Waals surface area contributed by atoms with Crippen molar-refractivity contribution in [3.8, 4) is 11.5 Å². The number of amides is 1. The molecule has 2 rings (SSSR count). The fourth-order valence-corrected chi connectivity index (χ4v) is 1.98. The van der Waals surface area contributed by atoms with Crippen LogP contribution in [0.5, 0.6) is 11.5 Å². The molecule has 0 bridgehead atoms. The third-order valence-corrected chi connectivity index (χ3v) is 3.26. The molecule has 2 aromatic carbocycles. The van der Waals surface area contributed by atoms with E-state index in [2.05, 4.69) is 10.5 Å². The van der Waals surface area contributed by atoms with Gasteiger partial charge < -0.3 is 19.6 Å². The van der Waals surface area contributed by atoms with Gasteiger partial charge in [-0.1, -0.05) is 16.8 Å². The molecule has 0 atom stereocenters. The van der Waals surface area contributed by atoms with Gasteiger partial charge in [-0.15, -0.1) is 0 Å². The molecule has 0 aliphatic carbocycles. The van der Waals surface area contributed by atoms with Gasteiger partial charge in [-0.2, -0.15) is 0 Å². The van der Waals surface area contributed by atoms with Crippen molar-refractivity contribution in [2.24, 2.45) is 5.16 Å². The van der Waals surface area contributed by atoms with Crippen molar-refractivity contribution in [1.82, 2.24) is 0 Å². The zero-order valence-electron chi connectivity index (χ0n) is 13.3. The van der Waals surface area contributed by atoms with Crippen LogP contribution in [0.2, 0.25) is 5.02 Å². The van der Waals surface area contributed by atoms with Gasteiger partial charge >= 0.3 is 0 Å². The summed E-state index contributed by atoms with van der Waals surface area (Å²) < 4.78 is 10.3. The summed E-state index contributed by atoms with van der Waals surface area (Å²) in [5.74, 6) is 0.890. The molecule has 2 aromatic rings. The van der Waals surface area contributed by atoms with Crippen LogP contribution in [0, 0.1) is 0 Å². The molecule has 126 valence electrons. The van der Waals surface area contributed by atoms with E-state index in [1.807, 2.05) is 0 Å². The predicted octanol–water partition coefficient (Wildman–Crippen LogP) is 3.35. The number of anilines is 1. The van der Waals surface area contributed by atoms with Gasteiger partial charge in [0.1, 0.15) is 0 Å². The lowest BCUT2D eigenvalue weighted by Crippen LogP contribution is -2.16. The largest absolute Gasteiger partial charge is 0.493 e. The maximum absolute atomic E-state index is 11.7. The molecule has 0 spiro atoms. The van der Waals surface area contributed by atoms with Crippen molar-refractivity contribution in [2.75, 3.05) is 26.1 Å². The smallest absolute Gasteiger partial charge is 0.265 e. The number of nitrogens with one attached hydrogen (secondary N) is 1. The quantitative estimate of drug-likeness (QED) is 0.615. The number of hydrogen-bond donors (Lipinski definition) is 1. The maximum Gasteiger partial charge on any atom is 0.265 e. The molecule has 0 aliphatic heterocycles. The Bertz CT molecular complexity index is 717. The summed E-state index contributed by atoms with van der Waals surface area (Å²) >= 11 is 5.78. The second-order valence-electron chi connectivity index (χ2n) is 4.68. The molecule has 0 saturated heterocycles. The number of halogens is 1. The predicted molar refractivity (Wildman–Crippen MR) is 93.2 cm³/mol. The summed E-state index contributed by atoms with van der Waals surface area (Å²) in [6, 6.07) is 12.1. The van der Waals surface area contributed by atoms with Crippen molar-refractivity contribution in [2.45, 2.75) is 0 Å². The monoisotopic (exact) mass is 348 g/mol. The molecule has 0 fully saturated rings. The van der Waals surface area contributed by atoms with E-state index in [1.165, 1.54) is 6.21 Å². The summed E-state index contributed by atoms with van der Waals surface area (Å²) in [5, 5.41) is 7.03. The Kier molecular flexibility index (Phi) is 6.45. The van der Waals surface area contributed by atoms with Gasteiger partial charge in [-0.05, 0) is 42.5 Å². The lowest BCUT2D eigenvalue weighted by atomic mass is 10.2. The van der Waals surface area contributed by atoms with Gasteiger partial charge in [0.25, 0.3) is 5.91 Å². The molecule has 0 radical (unpaired) electrons. The van der Waals surface area contributed by atoms with E-state index in [-0.39, 0.29) is 12.5 Å². The van der Waals surface area contributed by atoms with Gasteiger partial charge in [0, 0.05) is 16.3 Å². The lowest BCUT2D eigenvalue weighted by molar-refractivity contribution is -0.120. The van der Waals surface area contributed by atoms with Gasteiger partial charge in [-0.25, -0.2) is 0 Å². The van der Waals surface area contributed by atoms with E-state index in [4.69, 9.17) is 25.9 Å². The van der Waals surface area contributed by atoms with Crippen molar-refractivity contribution >= 4 is 29.4 Å². The fourth-order valence-electron chi connectivity index (χ4n) is 1.86. The normalized spacial score (nSPS) is 10.5. The topological polar surface area (TPSA) is 69.2 Å². The van der Waals surface area contributed by atoms with Crippen LogP contribution in [0.25, 0.3) is 0 Å². The third kappa shape index (κ3) is 5.17. The Hall–Kier alpha value is -2.73. The second kappa shape index (κ2) is 8.79. The first-order chi connectivity index (χ1) is 11.6. The Morgan fingerprint density at radius 2 is 1.83 bits per heavy atom. The van der Waals surface area contributed by atoms with E-state index in [1.54, 1.807) is 56.7 Å². The number of oxime groups is 1. The van der Waals surface area contributed by atoms with E-state index in [0.29, 0.717) is 22.2 Å². The molecule has 7 heteroatoms. The Morgan fingerprint density at radius 3 is 2.50 bits per heavy atom. The first kappa shape index (κ1) is 17.6. The Balaban J connectivity index is 1.83. The average molecular weight is 349 g/mol. The molecule has 0 saturated carbocycles. The molecular weight excluding hydrogens is 332 g/mol. The highest BCUT2D eigenvalue weighted by atomic mass is 35.5. The van der Waals surface area contributed by atoms with Crippen LogP contribution in [0.15, 0.2) is 47.6 Å². The lowest BCUT2D eigenvalue weighted by Gasteiger charge is -2.07. The summed E-state index contributed by atoms with van der Waals surface area (Å²) in [6.45, 7) is -0.202. The molecule has 6 nitrogen and oxygen atoms in total. The minimum Gasteiger partial charge on any atom is -0.493 e. The van der Waals surface area contributed by atoms with Crippen molar-refractivity contribution in [1.29, 1.82) is 0 Å². The van der Waals surface area contributed by atoms with Crippen molar-refractivity contribution in [3.63, 3.8) is 0 Å². The number of hydrogen-bond acceptors (Lipinski definition) is 5. The number of ether oxygens (including phenoxy) is 2.